The number of halogens is 2. The maximum atomic E-state index is 12.5. The molecule has 0 aromatic heterocycles. The Balaban J connectivity index is 2.02. The first-order valence-electron chi connectivity index (χ1n) is 6.18. The number of carbonyl (C=O) groups is 2. The highest BCUT2D eigenvalue weighted by Crippen LogP contribution is 2.29. The van der Waals surface area contributed by atoms with Crippen molar-refractivity contribution in [2.24, 2.45) is 0 Å². The molecule has 1 aliphatic rings. The zero-order valence-electron chi connectivity index (χ0n) is 10.7. The predicted molar refractivity (Wildman–Crippen MR) is 83.1 cm³/mol. The number of allylic oxidation sites excluding steroid dienone is 2. The molecule has 3 rings (SSSR count). The highest BCUT2D eigenvalue weighted by atomic mass is 35.5. The molecule has 0 saturated carbocycles. The number of ketones is 2. The van der Waals surface area contributed by atoms with E-state index in [4.69, 9.17) is 23.2 Å². The molecule has 0 atom stereocenters. The summed E-state index contributed by atoms with van der Waals surface area (Å²) in [5.74, 6) is -0.659. The van der Waals surface area contributed by atoms with E-state index >= 15 is 0 Å². The number of Topliss-reactive ketones (excluding diaryl/α,β-unsaturated/α-hetero) is 2. The van der Waals surface area contributed by atoms with Crippen LogP contribution in [0.3, 0.4) is 0 Å². The monoisotopic (exact) mass is 317 g/mol. The summed E-state index contributed by atoms with van der Waals surface area (Å²) >= 11 is 11.9. The average molecular weight is 318 g/mol. The minimum atomic E-state index is -0.358. The Morgan fingerprint density at radius 3 is 1.95 bits per heavy atom. The smallest absolute Gasteiger partial charge is 0.211 e. The van der Waals surface area contributed by atoms with Crippen LogP contribution in [0.25, 0.3) is 0 Å². The van der Waals surface area contributed by atoms with E-state index in [1.807, 2.05) is 0 Å². The number of carbonyl (C=O) groups excluding carboxylic acids is 2. The van der Waals surface area contributed by atoms with Gasteiger partial charge in [-0.05, 0) is 24.3 Å². The molecular formula is C16H9Cl2NO2. The molecule has 0 unspecified atom stereocenters. The van der Waals surface area contributed by atoms with Crippen LogP contribution in [0.5, 0.6) is 0 Å². The van der Waals surface area contributed by atoms with Gasteiger partial charge in [-0.3, -0.25) is 9.59 Å². The average Bonchev–Trinajstić information content (AvgIpc) is 2.51. The summed E-state index contributed by atoms with van der Waals surface area (Å²) in [5, 5.41) is 3.38. The van der Waals surface area contributed by atoms with Crippen molar-refractivity contribution in [3.05, 3.63) is 75.4 Å². The van der Waals surface area contributed by atoms with E-state index < -0.39 is 0 Å². The van der Waals surface area contributed by atoms with E-state index in [1.54, 1.807) is 48.5 Å². The Bertz CT molecular complexity index is 779. The van der Waals surface area contributed by atoms with Crippen LogP contribution in [0, 0.1) is 0 Å². The normalized spacial score (nSPS) is 14.2. The van der Waals surface area contributed by atoms with Crippen molar-refractivity contribution < 1.29 is 9.59 Å². The molecule has 0 radical (unpaired) electrons. The van der Waals surface area contributed by atoms with Gasteiger partial charge in [0.15, 0.2) is 0 Å². The van der Waals surface area contributed by atoms with E-state index in [9.17, 15) is 9.59 Å². The fourth-order valence-corrected chi connectivity index (χ4v) is 2.50. The first-order chi connectivity index (χ1) is 10.1. The molecule has 1 N–H and O–H groups in total. The van der Waals surface area contributed by atoms with Crippen LogP contribution < -0.4 is 5.32 Å². The van der Waals surface area contributed by atoms with Gasteiger partial charge in [-0.15, -0.1) is 0 Å². The first kappa shape index (κ1) is 13.9. The number of anilines is 1. The standard InChI is InChI=1S/C16H9Cl2NO2/c17-9-5-7-10(8-6-9)19-14-13(18)15(20)11-3-1-2-4-12(11)16(14)21/h1-8,19H. The van der Waals surface area contributed by atoms with Crippen LogP contribution in [0.4, 0.5) is 5.69 Å². The molecule has 0 heterocycles. The number of fused-ring (bicyclic) bond motifs is 1. The molecule has 0 aliphatic heterocycles. The molecule has 2 aromatic carbocycles. The van der Waals surface area contributed by atoms with Gasteiger partial charge in [0, 0.05) is 21.8 Å². The molecule has 0 fully saturated rings. The zero-order chi connectivity index (χ0) is 15.0. The third-order valence-electron chi connectivity index (χ3n) is 3.18. The van der Waals surface area contributed by atoms with Crippen LogP contribution >= 0.6 is 23.2 Å². The number of hydrogen-bond acceptors (Lipinski definition) is 3. The van der Waals surface area contributed by atoms with Gasteiger partial charge in [0.2, 0.25) is 11.6 Å². The van der Waals surface area contributed by atoms with Gasteiger partial charge in [-0.2, -0.15) is 0 Å². The third-order valence-corrected chi connectivity index (χ3v) is 3.79. The van der Waals surface area contributed by atoms with E-state index in [-0.39, 0.29) is 22.3 Å². The predicted octanol–water partition coefficient (Wildman–Crippen LogP) is 4.28. The molecule has 5 heteroatoms. The fourth-order valence-electron chi connectivity index (χ4n) is 2.13. The van der Waals surface area contributed by atoms with Gasteiger partial charge < -0.3 is 5.32 Å². The Morgan fingerprint density at radius 1 is 0.762 bits per heavy atom. The maximum absolute atomic E-state index is 12.5. The number of nitrogens with one attached hydrogen (secondary N) is 1. The van der Waals surface area contributed by atoms with Gasteiger partial charge >= 0.3 is 0 Å². The topological polar surface area (TPSA) is 46.2 Å². The van der Waals surface area contributed by atoms with Crippen LogP contribution in [0.1, 0.15) is 20.7 Å². The summed E-state index contributed by atoms with van der Waals surface area (Å²) in [6.07, 6.45) is 0. The van der Waals surface area contributed by atoms with Crippen molar-refractivity contribution in [3.8, 4) is 0 Å². The minimum absolute atomic E-state index is 0.0858. The summed E-state index contributed by atoms with van der Waals surface area (Å²) in [4.78, 5) is 24.7. The summed E-state index contributed by atoms with van der Waals surface area (Å²) in [7, 11) is 0. The quantitative estimate of drug-likeness (QED) is 0.899. The van der Waals surface area contributed by atoms with Crippen LogP contribution in [-0.4, -0.2) is 11.6 Å². The van der Waals surface area contributed by atoms with Crippen molar-refractivity contribution in [1.82, 2.24) is 0 Å². The number of benzene rings is 2. The molecule has 0 saturated heterocycles. The number of rotatable bonds is 2. The van der Waals surface area contributed by atoms with Gasteiger partial charge in [0.1, 0.15) is 10.7 Å². The largest absolute Gasteiger partial charge is 0.351 e. The molecular weight excluding hydrogens is 309 g/mol. The molecule has 0 amide bonds. The van der Waals surface area contributed by atoms with E-state index in [0.29, 0.717) is 21.8 Å². The molecule has 2 aromatic rings. The lowest BCUT2D eigenvalue weighted by molar-refractivity contribution is 0.0982. The van der Waals surface area contributed by atoms with E-state index in [1.165, 1.54) is 0 Å². The van der Waals surface area contributed by atoms with Gasteiger partial charge in [-0.1, -0.05) is 47.5 Å². The second-order valence-electron chi connectivity index (χ2n) is 4.52. The molecule has 104 valence electrons. The van der Waals surface area contributed by atoms with Crippen molar-refractivity contribution in [2.75, 3.05) is 5.32 Å². The van der Waals surface area contributed by atoms with Crippen molar-refractivity contribution in [2.45, 2.75) is 0 Å². The second kappa shape index (κ2) is 5.35. The molecule has 0 spiro atoms. The fraction of sp³-hybridized carbons (Fsp3) is 0. The first-order valence-corrected chi connectivity index (χ1v) is 6.94. The zero-order valence-corrected chi connectivity index (χ0v) is 12.2. The lowest BCUT2D eigenvalue weighted by Crippen LogP contribution is -2.24. The van der Waals surface area contributed by atoms with Crippen molar-refractivity contribution >= 4 is 40.5 Å². The van der Waals surface area contributed by atoms with Crippen LogP contribution in [0.2, 0.25) is 5.02 Å². The Hall–Kier alpha value is -2.10. The van der Waals surface area contributed by atoms with Crippen molar-refractivity contribution in [1.29, 1.82) is 0 Å². The van der Waals surface area contributed by atoms with Gasteiger partial charge in [0.25, 0.3) is 0 Å². The summed E-state index contributed by atoms with van der Waals surface area (Å²) in [6.45, 7) is 0. The lowest BCUT2D eigenvalue weighted by atomic mass is 9.92. The second-order valence-corrected chi connectivity index (χ2v) is 5.34. The lowest BCUT2D eigenvalue weighted by Gasteiger charge is -2.18. The Labute approximate surface area is 131 Å². The Morgan fingerprint density at radius 2 is 1.33 bits per heavy atom. The van der Waals surface area contributed by atoms with E-state index in [2.05, 4.69) is 5.32 Å². The molecule has 3 nitrogen and oxygen atoms in total. The highest BCUT2D eigenvalue weighted by Gasteiger charge is 2.31. The summed E-state index contributed by atoms with van der Waals surface area (Å²) < 4.78 is 0. The third kappa shape index (κ3) is 2.46. The minimum Gasteiger partial charge on any atom is -0.351 e. The highest BCUT2D eigenvalue weighted by molar-refractivity contribution is 6.50. The van der Waals surface area contributed by atoms with Crippen LogP contribution in [-0.2, 0) is 0 Å². The van der Waals surface area contributed by atoms with Crippen molar-refractivity contribution in [3.63, 3.8) is 0 Å². The van der Waals surface area contributed by atoms with Gasteiger partial charge in [-0.25, -0.2) is 0 Å². The maximum Gasteiger partial charge on any atom is 0.211 e. The molecule has 21 heavy (non-hydrogen) atoms. The summed E-state index contributed by atoms with van der Waals surface area (Å²) in [6, 6.07) is 13.4. The summed E-state index contributed by atoms with van der Waals surface area (Å²) in [5.41, 5.74) is 1.40. The van der Waals surface area contributed by atoms with Gasteiger partial charge in [0.05, 0.1) is 0 Å². The molecule has 1 aliphatic carbocycles. The molecule has 0 bridgehead atoms. The van der Waals surface area contributed by atoms with Crippen LogP contribution in [0.15, 0.2) is 59.3 Å². The number of hydrogen-bond donors (Lipinski definition) is 1. The SMILES string of the molecule is O=C1C(Cl)=C(Nc2ccc(Cl)cc2)C(=O)c2ccccc21. The Kier molecular flexibility index (Phi) is 3.53. The van der Waals surface area contributed by atoms with E-state index in [0.717, 1.165) is 0 Å².